The van der Waals surface area contributed by atoms with E-state index in [2.05, 4.69) is 20.8 Å². The Morgan fingerprint density at radius 3 is 2.79 bits per heavy atom. The van der Waals surface area contributed by atoms with Gasteiger partial charge in [0.05, 0.1) is 6.04 Å². The first kappa shape index (κ1) is 21.2. The van der Waals surface area contributed by atoms with Crippen molar-refractivity contribution in [3.8, 4) is 11.5 Å². The predicted octanol–water partition coefficient (Wildman–Crippen LogP) is 3.87. The number of aryl methyl sites for hydroxylation is 1. The van der Waals surface area contributed by atoms with Crippen molar-refractivity contribution >= 4 is 29.0 Å². The lowest BCUT2D eigenvalue weighted by atomic mass is 10.1. The van der Waals surface area contributed by atoms with Crippen LogP contribution in [0.2, 0.25) is 0 Å². The highest BCUT2D eigenvalue weighted by atomic mass is 32.1. The first-order valence-corrected chi connectivity index (χ1v) is 11.5. The molecule has 10 heteroatoms. The average Bonchev–Trinajstić information content (AvgIpc) is 3.58. The summed E-state index contributed by atoms with van der Waals surface area (Å²) in [6.45, 7) is 3.30. The topological polar surface area (TPSA) is 106 Å². The number of urea groups is 1. The molecule has 0 radical (unpaired) electrons. The van der Waals surface area contributed by atoms with Crippen LogP contribution >= 0.6 is 11.3 Å². The molecule has 3 aromatic rings. The van der Waals surface area contributed by atoms with Crippen LogP contribution in [0.25, 0.3) is 0 Å². The van der Waals surface area contributed by atoms with E-state index in [1.165, 1.54) is 16.9 Å². The van der Waals surface area contributed by atoms with Gasteiger partial charge < -0.3 is 25.0 Å². The number of rotatable bonds is 5. The van der Waals surface area contributed by atoms with Crippen LogP contribution in [0.5, 0.6) is 11.5 Å². The number of likely N-dealkylation sites (tertiary alicyclic amines) is 1. The van der Waals surface area contributed by atoms with E-state index >= 15 is 0 Å². The zero-order chi connectivity index (χ0) is 22.8. The Bertz CT molecular complexity index is 1180. The number of fused-ring (bicyclic) bond motifs is 1. The fourth-order valence-electron chi connectivity index (χ4n) is 3.87. The van der Waals surface area contributed by atoms with E-state index in [-0.39, 0.29) is 29.8 Å². The van der Waals surface area contributed by atoms with E-state index < -0.39 is 0 Å². The molecular weight excluding hydrogens is 442 g/mol. The fraction of sp³-hybridized carbons (Fsp3) is 0.304. The quantitative estimate of drug-likeness (QED) is 0.593. The molecule has 1 aromatic heterocycles. The van der Waals surface area contributed by atoms with Gasteiger partial charge in [-0.2, -0.15) is 0 Å². The summed E-state index contributed by atoms with van der Waals surface area (Å²) in [7, 11) is 0. The molecule has 0 saturated carbocycles. The van der Waals surface area contributed by atoms with Crippen LogP contribution in [0.3, 0.4) is 0 Å². The third kappa shape index (κ3) is 4.61. The Balaban J connectivity index is 1.22. The number of aromatic nitrogens is 2. The molecule has 170 valence electrons. The third-order valence-electron chi connectivity index (χ3n) is 5.63. The Morgan fingerprint density at radius 1 is 1.12 bits per heavy atom. The Hall–Kier alpha value is -3.66. The van der Waals surface area contributed by atoms with Gasteiger partial charge in [0.25, 0.3) is 5.91 Å². The smallest absolute Gasteiger partial charge is 0.318 e. The molecule has 2 N–H and O–H groups in total. The molecule has 0 unspecified atom stereocenters. The number of carbonyl (C=O) groups excluding carboxylic acids is 2. The summed E-state index contributed by atoms with van der Waals surface area (Å²) in [5.41, 5.74) is 2.81. The molecule has 3 heterocycles. The highest BCUT2D eigenvalue weighted by molar-refractivity contribution is 7.13. The predicted molar refractivity (Wildman–Crippen MR) is 123 cm³/mol. The molecule has 9 nitrogen and oxygen atoms in total. The Morgan fingerprint density at radius 2 is 1.94 bits per heavy atom. The van der Waals surface area contributed by atoms with Gasteiger partial charge in [0.15, 0.2) is 11.5 Å². The standard InChI is InChI=1S/C23H23N5O4S/c1-14-4-6-15(7-5-14)12-24-23(30)28-10-2-3-17(28)21-26-27-22(33-21)20(29)25-16-8-9-18-19(11-16)32-13-31-18/h4-9,11,17H,2-3,10,12-13H2,1H3,(H,24,30)(H,25,29)/t17-/m0/s1. The summed E-state index contributed by atoms with van der Waals surface area (Å²) in [5.74, 6) is 0.878. The first-order chi connectivity index (χ1) is 16.1. The van der Waals surface area contributed by atoms with Crippen LogP contribution < -0.4 is 20.1 Å². The van der Waals surface area contributed by atoms with Gasteiger partial charge in [-0.05, 0) is 37.5 Å². The summed E-state index contributed by atoms with van der Waals surface area (Å²) in [5, 5.41) is 15.0. The molecule has 2 aliphatic rings. The second-order valence-electron chi connectivity index (χ2n) is 7.96. The number of anilines is 1. The maximum atomic E-state index is 12.8. The number of ether oxygens (including phenoxy) is 2. The van der Waals surface area contributed by atoms with Gasteiger partial charge in [0.1, 0.15) is 5.01 Å². The van der Waals surface area contributed by atoms with Crippen LogP contribution in [0, 0.1) is 6.92 Å². The molecule has 5 rings (SSSR count). The highest BCUT2D eigenvalue weighted by Gasteiger charge is 2.33. The van der Waals surface area contributed by atoms with Crippen LogP contribution in [0.1, 0.15) is 44.8 Å². The number of hydrogen-bond donors (Lipinski definition) is 2. The van der Waals surface area contributed by atoms with Crippen molar-refractivity contribution in [1.82, 2.24) is 20.4 Å². The van der Waals surface area contributed by atoms with Crippen LogP contribution in [0.15, 0.2) is 42.5 Å². The molecule has 3 amide bonds. The minimum absolute atomic E-state index is 0.139. The van der Waals surface area contributed by atoms with Gasteiger partial charge in [-0.15, -0.1) is 10.2 Å². The number of hydrogen-bond acceptors (Lipinski definition) is 7. The molecule has 1 saturated heterocycles. The van der Waals surface area contributed by atoms with Crippen molar-refractivity contribution in [3.63, 3.8) is 0 Å². The fourth-order valence-corrected chi connectivity index (χ4v) is 4.76. The second kappa shape index (κ2) is 9.07. The van der Waals surface area contributed by atoms with E-state index in [1.807, 2.05) is 31.2 Å². The average molecular weight is 466 g/mol. The molecular formula is C23H23N5O4S. The first-order valence-electron chi connectivity index (χ1n) is 10.7. The third-order valence-corrected chi connectivity index (χ3v) is 6.65. The van der Waals surface area contributed by atoms with E-state index in [1.54, 1.807) is 23.1 Å². The van der Waals surface area contributed by atoms with Crippen molar-refractivity contribution in [3.05, 3.63) is 63.6 Å². The summed E-state index contributed by atoms with van der Waals surface area (Å²) in [4.78, 5) is 27.3. The SMILES string of the molecule is Cc1ccc(CNC(=O)N2CCC[C@H]2c2nnc(C(=O)Nc3ccc4c(c3)OCO4)s2)cc1. The van der Waals surface area contributed by atoms with Gasteiger partial charge >= 0.3 is 6.03 Å². The second-order valence-corrected chi connectivity index (χ2v) is 8.97. The number of benzene rings is 2. The van der Waals surface area contributed by atoms with Crippen molar-refractivity contribution in [2.45, 2.75) is 32.4 Å². The van der Waals surface area contributed by atoms with Gasteiger partial charge in [0, 0.05) is 24.8 Å². The Labute approximate surface area is 194 Å². The molecule has 0 bridgehead atoms. The van der Waals surface area contributed by atoms with Gasteiger partial charge in [0.2, 0.25) is 11.8 Å². The van der Waals surface area contributed by atoms with E-state index in [0.29, 0.717) is 35.3 Å². The minimum Gasteiger partial charge on any atom is -0.454 e. The Kier molecular flexibility index (Phi) is 5.82. The minimum atomic E-state index is -0.356. The maximum Gasteiger partial charge on any atom is 0.318 e. The van der Waals surface area contributed by atoms with Crippen molar-refractivity contribution in [1.29, 1.82) is 0 Å². The number of amides is 3. The van der Waals surface area contributed by atoms with Gasteiger partial charge in [-0.1, -0.05) is 41.2 Å². The summed E-state index contributed by atoms with van der Waals surface area (Å²) in [6, 6.07) is 12.9. The summed E-state index contributed by atoms with van der Waals surface area (Å²) < 4.78 is 10.6. The number of nitrogens with one attached hydrogen (secondary N) is 2. The van der Waals surface area contributed by atoms with Crippen molar-refractivity contribution in [2.75, 3.05) is 18.7 Å². The molecule has 2 aromatic carbocycles. The lowest BCUT2D eigenvalue weighted by molar-refractivity contribution is 0.102. The van der Waals surface area contributed by atoms with Gasteiger partial charge in [-0.25, -0.2) is 4.79 Å². The van der Waals surface area contributed by atoms with E-state index in [9.17, 15) is 9.59 Å². The summed E-state index contributed by atoms with van der Waals surface area (Å²) in [6.07, 6.45) is 1.66. The molecule has 1 atom stereocenters. The molecule has 1 fully saturated rings. The maximum absolute atomic E-state index is 12.8. The zero-order valence-corrected chi connectivity index (χ0v) is 18.9. The highest BCUT2D eigenvalue weighted by Crippen LogP contribution is 2.35. The van der Waals surface area contributed by atoms with Crippen molar-refractivity contribution in [2.24, 2.45) is 0 Å². The lowest BCUT2D eigenvalue weighted by Crippen LogP contribution is -2.39. The van der Waals surface area contributed by atoms with Crippen LogP contribution in [-0.4, -0.2) is 40.4 Å². The van der Waals surface area contributed by atoms with Crippen molar-refractivity contribution < 1.29 is 19.1 Å². The van der Waals surface area contributed by atoms with Crippen LogP contribution in [0.4, 0.5) is 10.5 Å². The summed E-state index contributed by atoms with van der Waals surface area (Å²) >= 11 is 1.21. The number of nitrogens with zero attached hydrogens (tertiary/aromatic N) is 3. The normalized spacial score (nSPS) is 16.6. The number of carbonyl (C=O) groups is 2. The molecule has 33 heavy (non-hydrogen) atoms. The van der Waals surface area contributed by atoms with Crippen LogP contribution in [-0.2, 0) is 6.54 Å². The lowest BCUT2D eigenvalue weighted by Gasteiger charge is -2.23. The van der Waals surface area contributed by atoms with E-state index in [4.69, 9.17) is 9.47 Å². The van der Waals surface area contributed by atoms with Gasteiger partial charge in [-0.3, -0.25) is 4.79 Å². The molecule has 2 aliphatic heterocycles. The molecule has 0 spiro atoms. The monoisotopic (exact) mass is 465 g/mol. The zero-order valence-electron chi connectivity index (χ0n) is 18.0. The largest absolute Gasteiger partial charge is 0.454 e. The van der Waals surface area contributed by atoms with E-state index in [0.717, 1.165) is 18.4 Å². The molecule has 0 aliphatic carbocycles.